The summed E-state index contributed by atoms with van der Waals surface area (Å²) in [5.74, 6) is -0.962. The molecule has 1 atom stereocenters. The number of benzene rings is 2. The van der Waals surface area contributed by atoms with Gasteiger partial charge >= 0.3 is 0 Å². The van der Waals surface area contributed by atoms with Gasteiger partial charge in [-0.05, 0) is 37.1 Å². The average Bonchev–Trinajstić information content (AvgIpc) is 2.70. The number of hydrogen-bond donors (Lipinski definition) is 4. The Labute approximate surface area is 167 Å². The minimum atomic E-state index is -0.841. The van der Waals surface area contributed by atoms with Gasteiger partial charge in [0.2, 0.25) is 5.91 Å². The molecule has 0 bridgehead atoms. The van der Waals surface area contributed by atoms with E-state index in [1.807, 2.05) is 6.07 Å². The largest absolute Gasteiger partial charge is 0.370 e. The molecule has 10 heteroatoms. The van der Waals surface area contributed by atoms with Crippen molar-refractivity contribution in [3.8, 4) is 0 Å². The fourth-order valence-corrected chi connectivity index (χ4v) is 2.50. The van der Waals surface area contributed by atoms with Crippen LogP contribution >= 0.6 is 0 Å². The van der Waals surface area contributed by atoms with Crippen molar-refractivity contribution in [2.75, 3.05) is 11.9 Å². The van der Waals surface area contributed by atoms with Gasteiger partial charge in [0, 0.05) is 29.9 Å². The van der Waals surface area contributed by atoms with Gasteiger partial charge in [-0.3, -0.25) is 24.7 Å². The number of rotatable bonds is 9. The second-order valence-corrected chi connectivity index (χ2v) is 6.13. The molecule has 0 fully saturated rings. The summed E-state index contributed by atoms with van der Waals surface area (Å²) in [6.07, 6.45) is 0.763. The molecule has 2 aromatic carbocycles. The number of amides is 2. The Balaban J connectivity index is 2.08. The van der Waals surface area contributed by atoms with Crippen LogP contribution in [0, 0.1) is 10.1 Å². The molecular formula is C19H22N6O4. The van der Waals surface area contributed by atoms with Crippen LogP contribution in [0.15, 0.2) is 59.6 Å². The lowest BCUT2D eigenvalue weighted by Crippen LogP contribution is -2.44. The third-order valence-electron chi connectivity index (χ3n) is 3.95. The van der Waals surface area contributed by atoms with E-state index < -0.39 is 22.8 Å². The number of carbonyl (C=O) groups is 2. The van der Waals surface area contributed by atoms with Crippen LogP contribution in [0.3, 0.4) is 0 Å². The van der Waals surface area contributed by atoms with Crippen molar-refractivity contribution in [1.29, 1.82) is 0 Å². The third-order valence-corrected chi connectivity index (χ3v) is 3.95. The first-order valence-corrected chi connectivity index (χ1v) is 8.83. The van der Waals surface area contributed by atoms with Gasteiger partial charge in [0.15, 0.2) is 5.96 Å². The summed E-state index contributed by atoms with van der Waals surface area (Å²) in [4.78, 5) is 39.2. The topological polar surface area (TPSA) is 166 Å². The van der Waals surface area contributed by atoms with Crippen molar-refractivity contribution in [2.24, 2.45) is 16.5 Å². The maximum Gasteiger partial charge on any atom is 0.269 e. The first kappa shape index (κ1) is 21.4. The summed E-state index contributed by atoms with van der Waals surface area (Å²) in [6.45, 7) is 0.310. The summed E-state index contributed by atoms with van der Waals surface area (Å²) in [7, 11) is 0. The van der Waals surface area contributed by atoms with Gasteiger partial charge in [-0.15, -0.1) is 0 Å². The van der Waals surface area contributed by atoms with Crippen LogP contribution in [0.4, 0.5) is 11.4 Å². The molecule has 6 N–H and O–H groups in total. The van der Waals surface area contributed by atoms with Gasteiger partial charge in [-0.25, -0.2) is 0 Å². The molecule has 2 aromatic rings. The number of carbonyl (C=O) groups excluding carboxylic acids is 2. The second-order valence-electron chi connectivity index (χ2n) is 6.13. The second kappa shape index (κ2) is 10.4. The molecule has 0 aliphatic heterocycles. The van der Waals surface area contributed by atoms with E-state index in [4.69, 9.17) is 11.5 Å². The van der Waals surface area contributed by atoms with Crippen LogP contribution in [-0.4, -0.2) is 35.3 Å². The van der Waals surface area contributed by atoms with E-state index in [0.717, 1.165) is 0 Å². The molecule has 2 rings (SSSR count). The Morgan fingerprint density at radius 1 is 1.07 bits per heavy atom. The molecule has 0 spiro atoms. The number of nitrogens with one attached hydrogen (secondary N) is 2. The smallest absolute Gasteiger partial charge is 0.269 e. The first-order chi connectivity index (χ1) is 13.9. The Hall–Kier alpha value is -3.95. The molecular weight excluding hydrogens is 376 g/mol. The van der Waals surface area contributed by atoms with Gasteiger partial charge in [-0.2, -0.15) is 0 Å². The minimum absolute atomic E-state index is 0.0507. The van der Waals surface area contributed by atoms with Crippen LogP contribution in [0.1, 0.15) is 23.2 Å². The van der Waals surface area contributed by atoms with E-state index in [9.17, 15) is 19.7 Å². The molecule has 0 aliphatic rings. The number of nitro groups is 1. The number of non-ortho nitro benzene ring substituents is 1. The highest BCUT2D eigenvalue weighted by Crippen LogP contribution is 2.13. The van der Waals surface area contributed by atoms with Crippen molar-refractivity contribution in [3.63, 3.8) is 0 Å². The van der Waals surface area contributed by atoms with Crippen molar-refractivity contribution in [2.45, 2.75) is 18.9 Å². The van der Waals surface area contributed by atoms with Gasteiger partial charge in [0.1, 0.15) is 6.04 Å². The molecule has 0 saturated heterocycles. The molecule has 0 unspecified atom stereocenters. The monoisotopic (exact) mass is 398 g/mol. The zero-order valence-corrected chi connectivity index (χ0v) is 15.6. The fourth-order valence-electron chi connectivity index (χ4n) is 2.50. The molecule has 29 heavy (non-hydrogen) atoms. The number of nitrogens with zero attached hydrogens (tertiary/aromatic N) is 2. The van der Waals surface area contributed by atoms with Crippen LogP contribution in [0.25, 0.3) is 0 Å². The molecule has 0 radical (unpaired) electrons. The molecule has 0 aromatic heterocycles. The Kier molecular flexibility index (Phi) is 7.66. The van der Waals surface area contributed by atoms with E-state index >= 15 is 0 Å². The summed E-state index contributed by atoms with van der Waals surface area (Å²) < 4.78 is 0. The fraction of sp³-hybridized carbons (Fsp3) is 0.211. The summed E-state index contributed by atoms with van der Waals surface area (Å²) in [5, 5.41) is 16.1. The first-order valence-electron chi connectivity index (χ1n) is 8.83. The molecule has 0 aliphatic carbocycles. The normalized spacial score (nSPS) is 11.2. The predicted molar refractivity (Wildman–Crippen MR) is 109 cm³/mol. The molecule has 10 nitrogen and oxygen atoms in total. The van der Waals surface area contributed by atoms with Crippen LogP contribution in [-0.2, 0) is 4.79 Å². The molecule has 0 saturated carbocycles. The van der Waals surface area contributed by atoms with E-state index in [2.05, 4.69) is 15.6 Å². The third kappa shape index (κ3) is 6.94. The van der Waals surface area contributed by atoms with Crippen LogP contribution in [0.2, 0.25) is 0 Å². The average molecular weight is 398 g/mol. The predicted octanol–water partition coefficient (Wildman–Crippen LogP) is 1.39. The quantitative estimate of drug-likeness (QED) is 0.164. The summed E-state index contributed by atoms with van der Waals surface area (Å²) in [5.41, 5.74) is 11.3. The zero-order valence-electron chi connectivity index (χ0n) is 15.6. The Morgan fingerprint density at radius 2 is 1.72 bits per heavy atom. The van der Waals surface area contributed by atoms with Gasteiger partial charge in [0.25, 0.3) is 11.6 Å². The molecule has 152 valence electrons. The van der Waals surface area contributed by atoms with E-state index in [1.54, 1.807) is 24.3 Å². The minimum Gasteiger partial charge on any atom is -0.370 e. The number of anilines is 1. The van der Waals surface area contributed by atoms with Crippen LogP contribution < -0.4 is 22.1 Å². The van der Waals surface area contributed by atoms with Crippen molar-refractivity contribution in [3.05, 3.63) is 70.3 Å². The van der Waals surface area contributed by atoms with Crippen molar-refractivity contribution in [1.82, 2.24) is 5.32 Å². The number of aliphatic imine (C=N–C) groups is 1. The zero-order chi connectivity index (χ0) is 21.2. The number of guanidine groups is 1. The lowest BCUT2D eigenvalue weighted by molar-refractivity contribution is -0.384. The highest BCUT2D eigenvalue weighted by Gasteiger charge is 2.21. The van der Waals surface area contributed by atoms with E-state index in [0.29, 0.717) is 25.1 Å². The maximum atomic E-state index is 12.7. The highest BCUT2D eigenvalue weighted by molar-refractivity contribution is 6.01. The number of para-hydroxylation sites is 1. The molecule has 2 amide bonds. The molecule has 0 heterocycles. The SMILES string of the molecule is NC(N)=NCCC[C@@H](NC(=O)c1ccc([N+](=O)[O-])cc1)C(=O)Nc1ccccc1. The van der Waals surface area contributed by atoms with Gasteiger partial charge in [-0.1, -0.05) is 18.2 Å². The Morgan fingerprint density at radius 3 is 2.31 bits per heavy atom. The van der Waals surface area contributed by atoms with Gasteiger partial charge in [0.05, 0.1) is 4.92 Å². The highest BCUT2D eigenvalue weighted by atomic mass is 16.6. The number of hydrogen-bond acceptors (Lipinski definition) is 5. The van der Waals surface area contributed by atoms with Crippen molar-refractivity contribution >= 4 is 29.1 Å². The van der Waals surface area contributed by atoms with Crippen molar-refractivity contribution < 1.29 is 14.5 Å². The summed E-state index contributed by atoms with van der Waals surface area (Å²) >= 11 is 0. The van der Waals surface area contributed by atoms with E-state index in [-0.39, 0.29) is 17.2 Å². The summed E-state index contributed by atoms with van der Waals surface area (Å²) in [6, 6.07) is 13.1. The Bertz CT molecular complexity index is 879. The van der Waals surface area contributed by atoms with E-state index in [1.165, 1.54) is 24.3 Å². The lowest BCUT2D eigenvalue weighted by atomic mass is 10.1. The standard InChI is InChI=1S/C19H22N6O4/c20-19(21)22-12-4-7-16(18(27)23-14-5-2-1-3-6-14)24-17(26)13-8-10-15(11-9-13)25(28)29/h1-3,5-6,8-11,16H,4,7,12H2,(H,23,27)(H,24,26)(H4,20,21,22)/t16-/m1/s1. The number of nitrogens with two attached hydrogens (primary N) is 2. The maximum absolute atomic E-state index is 12.7. The van der Waals surface area contributed by atoms with Gasteiger partial charge < -0.3 is 22.1 Å². The van der Waals surface area contributed by atoms with Crippen LogP contribution in [0.5, 0.6) is 0 Å². The number of nitro benzene ring substituents is 1. The lowest BCUT2D eigenvalue weighted by Gasteiger charge is -2.18.